The van der Waals surface area contributed by atoms with Crippen molar-refractivity contribution >= 4 is 23.5 Å². The molecule has 0 radical (unpaired) electrons. The van der Waals surface area contributed by atoms with Gasteiger partial charge >= 0.3 is 5.97 Å². The first-order chi connectivity index (χ1) is 11.3. The zero-order valence-corrected chi connectivity index (χ0v) is 13.8. The Morgan fingerprint density at radius 3 is 2.54 bits per heavy atom. The smallest absolute Gasteiger partial charge is 0.306 e. The van der Waals surface area contributed by atoms with Gasteiger partial charge in [0.15, 0.2) is 0 Å². The van der Waals surface area contributed by atoms with E-state index in [4.69, 9.17) is 16.2 Å². The average Bonchev–Trinajstić information content (AvgIpc) is 2.52. The maximum absolute atomic E-state index is 11.8. The molecule has 2 atom stereocenters. The van der Waals surface area contributed by atoms with Crippen molar-refractivity contribution in [2.24, 2.45) is 11.5 Å². The molecule has 130 valence electrons. The van der Waals surface area contributed by atoms with Crippen molar-refractivity contribution in [3.8, 4) is 0 Å². The first-order valence-electron chi connectivity index (χ1n) is 7.61. The molecule has 0 bridgehead atoms. The Balaban J connectivity index is 2.59. The number of rotatable bonds is 8. The van der Waals surface area contributed by atoms with Crippen LogP contribution >= 0.6 is 0 Å². The lowest BCUT2D eigenvalue weighted by Gasteiger charge is -2.13. The van der Waals surface area contributed by atoms with Crippen molar-refractivity contribution in [2.75, 3.05) is 5.32 Å². The summed E-state index contributed by atoms with van der Waals surface area (Å²) < 4.78 is 5.14. The van der Waals surface area contributed by atoms with E-state index in [1.807, 2.05) is 12.1 Å². The number of ether oxygens (including phenoxy) is 1. The second kappa shape index (κ2) is 9.46. The van der Waals surface area contributed by atoms with Crippen LogP contribution in [-0.4, -0.2) is 29.9 Å². The van der Waals surface area contributed by atoms with Crippen molar-refractivity contribution in [2.45, 2.75) is 38.8 Å². The molecule has 0 spiro atoms. The van der Waals surface area contributed by atoms with Gasteiger partial charge in [-0.3, -0.25) is 14.4 Å². The van der Waals surface area contributed by atoms with Gasteiger partial charge in [-0.15, -0.1) is 0 Å². The Hall–Kier alpha value is -2.67. The van der Waals surface area contributed by atoms with Crippen molar-refractivity contribution < 1.29 is 19.1 Å². The lowest BCUT2D eigenvalue weighted by molar-refractivity contribution is -0.146. The first kappa shape index (κ1) is 19.4. The summed E-state index contributed by atoms with van der Waals surface area (Å²) in [5.74, 6) is -1.31. The fourth-order valence-corrected chi connectivity index (χ4v) is 1.88. The summed E-state index contributed by atoms with van der Waals surface area (Å²) in [6.07, 6.45) is 2.56. The molecule has 0 saturated carbocycles. The molecule has 0 aromatic heterocycles. The van der Waals surface area contributed by atoms with E-state index in [0.717, 1.165) is 11.6 Å². The minimum absolute atomic E-state index is 0.139. The van der Waals surface area contributed by atoms with E-state index in [1.165, 1.54) is 6.08 Å². The van der Waals surface area contributed by atoms with Crippen molar-refractivity contribution in [3.05, 3.63) is 42.0 Å². The maximum Gasteiger partial charge on any atom is 0.306 e. The summed E-state index contributed by atoms with van der Waals surface area (Å²) in [6, 6.07) is 6.55. The Morgan fingerprint density at radius 2 is 1.92 bits per heavy atom. The third-order valence-electron chi connectivity index (χ3n) is 3.14. The van der Waals surface area contributed by atoms with Crippen LogP contribution in [0.1, 0.15) is 25.8 Å². The number of nitrogens with two attached hydrogens (primary N) is 2. The molecule has 1 aromatic carbocycles. The van der Waals surface area contributed by atoms with Crippen molar-refractivity contribution in [1.29, 1.82) is 0 Å². The largest absolute Gasteiger partial charge is 0.458 e. The first-order valence-corrected chi connectivity index (χ1v) is 7.61. The minimum atomic E-state index is -0.624. The average molecular weight is 333 g/mol. The van der Waals surface area contributed by atoms with Gasteiger partial charge in [0, 0.05) is 18.2 Å². The third kappa shape index (κ3) is 7.06. The monoisotopic (exact) mass is 333 g/mol. The summed E-state index contributed by atoms with van der Waals surface area (Å²) in [5.41, 5.74) is 11.9. The van der Waals surface area contributed by atoms with E-state index in [-0.39, 0.29) is 12.3 Å². The van der Waals surface area contributed by atoms with Crippen LogP contribution in [0.2, 0.25) is 0 Å². The Bertz CT molecular complexity index is 626. The molecule has 2 amide bonds. The Kier molecular flexibility index (Phi) is 7.64. The number of hydrogen-bond donors (Lipinski definition) is 3. The molecule has 0 heterocycles. The summed E-state index contributed by atoms with van der Waals surface area (Å²) in [7, 11) is 0. The van der Waals surface area contributed by atoms with Gasteiger partial charge < -0.3 is 21.5 Å². The molecule has 24 heavy (non-hydrogen) atoms. The molecule has 0 aliphatic rings. The molecule has 1 rings (SSSR count). The summed E-state index contributed by atoms with van der Waals surface area (Å²) in [6.45, 7) is 3.23. The number of carbonyl (C=O) groups excluding carboxylic acids is 3. The minimum Gasteiger partial charge on any atom is -0.458 e. The standard InChI is InChI=1S/C17H23N3O4/c1-11(7-9-15(19)21)24-16(22)10-8-13-5-3-4-6-14(13)20-17(23)12(2)18/h3-7,9,11-12H,8,10,18H2,1-2H3,(H2,19,21)(H,20,23)/b9-7-/t11-,12-/m0/s1. The Labute approximate surface area is 141 Å². The molecular formula is C17H23N3O4. The number of esters is 1. The molecule has 0 fully saturated rings. The van der Waals surface area contributed by atoms with Crippen LogP contribution in [0, 0.1) is 0 Å². The van der Waals surface area contributed by atoms with Crippen molar-refractivity contribution in [3.63, 3.8) is 0 Å². The maximum atomic E-state index is 11.8. The van der Waals surface area contributed by atoms with E-state index >= 15 is 0 Å². The molecule has 0 unspecified atom stereocenters. The van der Waals surface area contributed by atoms with Gasteiger partial charge in [0.2, 0.25) is 11.8 Å². The Morgan fingerprint density at radius 1 is 1.25 bits per heavy atom. The lowest BCUT2D eigenvalue weighted by atomic mass is 10.1. The molecule has 0 aliphatic carbocycles. The highest BCUT2D eigenvalue weighted by molar-refractivity contribution is 5.95. The second-order valence-corrected chi connectivity index (χ2v) is 5.39. The van der Waals surface area contributed by atoms with E-state index in [0.29, 0.717) is 12.1 Å². The van der Waals surface area contributed by atoms with E-state index in [9.17, 15) is 14.4 Å². The highest BCUT2D eigenvalue weighted by Gasteiger charge is 2.12. The van der Waals surface area contributed by atoms with Gasteiger partial charge in [-0.2, -0.15) is 0 Å². The summed E-state index contributed by atoms with van der Waals surface area (Å²) in [5, 5.41) is 2.73. The number of anilines is 1. The second-order valence-electron chi connectivity index (χ2n) is 5.39. The van der Waals surface area contributed by atoms with Gasteiger partial charge in [0.1, 0.15) is 6.10 Å². The predicted molar refractivity (Wildman–Crippen MR) is 90.9 cm³/mol. The van der Waals surface area contributed by atoms with Gasteiger partial charge in [-0.25, -0.2) is 0 Å². The van der Waals surface area contributed by atoms with Crippen LogP contribution in [0.4, 0.5) is 5.69 Å². The number of hydrogen-bond acceptors (Lipinski definition) is 5. The number of carbonyl (C=O) groups is 3. The summed E-state index contributed by atoms with van der Waals surface area (Å²) in [4.78, 5) is 34.2. The normalized spacial score (nSPS) is 13.3. The highest BCUT2D eigenvalue weighted by atomic mass is 16.5. The SMILES string of the molecule is C[C@H](N)C(=O)Nc1ccccc1CCC(=O)O[C@@H](C)/C=C\C(N)=O. The predicted octanol–water partition coefficient (Wildman–Crippen LogP) is 0.878. The fourth-order valence-electron chi connectivity index (χ4n) is 1.88. The topological polar surface area (TPSA) is 125 Å². The molecule has 5 N–H and O–H groups in total. The van der Waals surface area contributed by atoms with Crippen LogP contribution in [0.25, 0.3) is 0 Å². The van der Waals surface area contributed by atoms with Gasteiger partial charge in [0.05, 0.1) is 6.04 Å². The number of para-hydroxylation sites is 1. The number of primary amides is 1. The van der Waals surface area contributed by atoms with E-state index in [1.54, 1.807) is 26.0 Å². The molecular weight excluding hydrogens is 310 g/mol. The molecule has 7 heteroatoms. The number of amides is 2. The molecule has 7 nitrogen and oxygen atoms in total. The number of aryl methyl sites for hydroxylation is 1. The third-order valence-corrected chi connectivity index (χ3v) is 3.14. The zero-order valence-electron chi connectivity index (χ0n) is 13.8. The molecule has 1 aromatic rings. The van der Waals surface area contributed by atoms with Crippen molar-refractivity contribution in [1.82, 2.24) is 0 Å². The van der Waals surface area contributed by atoms with Gasteiger partial charge in [0.25, 0.3) is 0 Å². The van der Waals surface area contributed by atoms with Gasteiger partial charge in [-0.1, -0.05) is 18.2 Å². The van der Waals surface area contributed by atoms with Crippen LogP contribution in [0.5, 0.6) is 0 Å². The molecule has 0 saturated heterocycles. The summed E-state index contributed by atoms with van der Waals surface area (Å²) >= 11 is 0. The number of benzene rings is 1. The highest BCUT2D eigenvalue weighted by Crippen LogP contribution is 2.17. The van der Waals surface area contributed by atoms with E-state index in [2.05, 4.69) is 5.32 Å². The molecule has 0 aliphatic heterocycles. The van der Waals surface area contributed by atoms with E-state index < -0.39 is 24.0 Å². The lowest BCUT2D eigenvalue weighted by Crippen LogP contribution is -2.32. The number of nitrogens with one attached hydrogen (secondary N) is 1. The quantitative estimate of drug-likeness (QED) is 0.481. The van der Waals surface area contributed by atoms with Crippen LogP contribution in [0.15, 0.2) is 36.4 Å². The van der Waals surface area contributed by atoms with Crippen LogP contribution < -0.4 is 16.8 Å². The fraction of sp³-hybridized carbons (Fsp3) is 0.353. The zero-order chi connectivity index (χ0) is 18.1. The van der Waals surface area contributed by atoms with Crippen LogP contribution in [0.3, 0.4) is 0 Å². The van der Waals surface area contributed by atoms with Crippen LogP contribution in [-0.2, 0) is 25.5 Å². The van der Waals surface area contributed by atoms with Gasteiger partial charge in [-0.05, 0) is 38.0 Å².